The van der Waals surface area contributed by atoms with Crippen LogP contribution in [0.3, 0.4) is 0 Å². The Morgan fingerprint density at radius 1 is 1.19 bits per heavy atom. The van der Waals surface area contributed by atoms with Gasteiger partial charge >= 0.3 is 0 Å². The van der Waals surface area contributed by atoms with Gasteiger partial charge in [0.25, 0.3) is 0 Å². The number of halogens is 1. The largest absolute Gasteiger partial charge is 0.496 e. The molecule has 142 valence electrons. The number of rotatable bonds is 5. The predicted molar refractivity (Wildman–Crippen MR) is 106 cm³/mol. The first-order valence-corrected chi connectivity index (χ1v) is 9.87. The molecule has 3 rings (SSSR count). The fraction of sp³-hybridized carbons (Fsp3) is 0.368. The van der Waals surface area contributed by atoms with Gasteiger partial charge in [-0.2, -0.15) is 0 Å². The number of aryl methyl sites for hydroxylation is 2. The van der Waals surface area contributed by atoms with Gasteiger partial charge in [-0.15, -0.1) is 12.4 Å². The smallest absolute Gasteiger partial charge is 0.240 e. The van der Waals surface area contributed by atoms with E-state index in [1.54, 1.807) is 26.2 Å². The van der Waals surface area contributed by atoms with Crippen LogP contribution in [0, 0.1) is 13.8 Å². The second-order valence-corrected chi connectivity index (χ2v) is 8.13. The number of benzene rings is 2. The molecule has 0 aliphatic carbocycles. The van der Waals surface area contributed by atoms with Gasteiger partial charge < -0.3 is 10.1 Å². The SMILES string of the molecule is COc1cc(C)c(S(=O)(=O)NCC2NCCc3ccccc32)cc1C.Cl. The summed E-state index contributed by atoms with van der Waals surface area (Å²) in [7, 11) is -2.00. The second-order valence-electron chi connectivity index (χ2n) is 6.39. The van der Waals surface area contributed by atoms with Gasteiger partial charge in [0.15, 0.2) is 0 Å². The molecule has 1 heterocycles. The summed E-state index contributed by atoms with van der Waals surface area (Å²) in [6.07, 6.45) is 0.968. The Balaban J connectivity index is 0.00000243. The van der Waals surface area contributed by atoms with Crippen LogP contribution in [0.15, 0.2) is 41.3 Å². The molecule has 0 aromatic heterocycles. The van der Waals surface area contributed by atoms with E-state index in [0.717, 1.165) is 18.5 Å². The quantitative estimate of drug-likeness (QED) is 0.815. The maximum Gasteiger partial charge on any atom is 0.240 e. The van der Waals surface area contributed by atoms with Gasteiger partial charge in [0.05, 0.1) is 12.0 Å². The number of hydrogen-bond acceptors (Lipinski definition) is 4. The van der Waals surface area contributed by atoms with Gasteiger partial charge in [-0.3, -0.25) is 0 Å². The van der Waals surface area contributed by atoms with E-state index in [9.17, 15) is 8.42 Å². The van der Waals surface area contributed by atoms with Crippen LogP contribution in [0.4, 0.5) is 0 Å². The number of sulfonamides is 1. The molecule has 7 heteroatoms. The molecule has 0 fully saturated rings. The third kappa shape index (κ3) is 4.20. The summed E-state index contributed by atoms with van der Waals surface area (Å²) < 4.78 is 33.6. The first-order valence-electron chi connectivity index (χ1n) is 8.38. The van der Waals surface area contributed by atoms with Crippen LogP contribution >= 0.6 is 12.4 Å². The molecule has 0 amide bonds. The number of ether oxygens (including phenoxy) is 1. The molecule has 0 saturated carbocycles. The Kier molecular flexibility index (Phi) is 6.69. The zero-order valence-electron chi connectivity index (χ0n) is 15.2. The fourth-order valence-corrected chi connectivity index (χ4v) is 4.67. The van der Waals surface area contributed by atoms with Gasteiger partial charge in [-0.25, -0.2) is 13.1 Å². The molecule has 2 N–H and O–H groups in total. The molecule has 5 nitrogen and oxygen atoms in total. The lowest BCUT2D eigenvalue weighted by atomic mass is 9.95. The second kappa shape index (κ2) is 8.39. The third-order valence-electron chi connectivity index (χ3n) is 4.68. The van der Waals surface area contributed by atoms with Crippen molar-refractivity contribution in [2.45, 2.75) is 31.2 Å². The molecule has 1 unspecified atom stereocenters. The summed E-state index contributed by atoms with van der Waals surface area (Å²) in [6, 6.07) is 11.6. The zero-order valence-corrected chi connectivity index (χ0v) is 16.8. The van der Waals surface area contributed by atoms with E-state index in [1.165, 1.54) is 11.1 Å². The highest BCUT2D eigenvalue weighted by Gasteiger charge is 2.23. The number of methoxy groups -OCH3 is 1. The maximum absolute atomic E-state index is 12.8. The summed E-state index contributed by atoms with van der Waals surface area (Å²) in [5.74, 6) is 0.694. The van der Waals surface area contributed by atoms with Crippen molar-refractivity contribution in [1.29, 1.82) is 0 Å². The van der Waals surface area contributed by atoms with Crippen molar-refractivity contribution in [2.24, 2.45) is 0 Å². The highest BCUT2D eigenvalue weighted by Crippen LogP contribution is 2.26. The lowest BCUT2D eigenvalue weighted by Gasteiger charge is -2.27. The lowest BCUT2D eigenvalue weighted by Crippen LogP contribution is -2.39. The minimum Gasteiger partial charge on any atom is -0.496 e. The van der Waals surface area contributed by atoms with Crippen molar-refractivity contribution in [3.8, 4) is 5.75 Å². The van der Waals surface area contributed by atoms with E-state index < -0.39 is 10.0 Å². The van der Waals surface area contributed by atoms with E-state index >= 15 is 0 Å². The van der Waals surface area contributed by atoms with E-state index in [-0.39, 0.29) is 18.4 Å². The third-order valence-corrected chi connectivity index (χ3v) is 6.24. The Morgan fingerprint density at radius 3 is 2.65 bits per heavy atom. The Hall–Kier alpha value is -1.60. The van der Waals surface area contributed by atoms with Crippen LogP contribution in [0.5, 0.6) is 5.75 Å². The Bertz CT molecular complexity index is 884. The van der Waals surface area contributed by atoms with Crippen molar-refractivity contribution in [3.05, 3.63) is 58.7 Å². The molecule has 1 aliphatic heterocycles. The van der Waals surface area contributed by atoms with Gasteiger partial charge in [-0.05, 0) is 61.2 Å². The average molecular weight is 397 g/mol. The molecule has 1 atom stereocenters. The summed E-state index contributed by atoms with van der Waals surface area (Å²) in [6.45, 7) is 4.80. The van der Waals surface area contributed by atoms with Gasteiger partial charge in [0.2, 0.25) is 10.0 Å². The van der Waals surface area contributed by atoms with Crippen LogP contribution in [-0.4, -0.2) is 28.6 Å². The van der Waals surface area contributed by atoms with Gasteiger partial charge in [-0.1, -0.05) is 24.3 Å². The monoisotopic (exact) mass is 396 g/mol. The molecule has 2 aromatic carbocycles. The van der Waals surface area contributed by atoms with Crippen molar-refractivity contribution in [2.75, 3.05) is 20.2 Å². The Morgan fingerprint density at radius 2 is 1.92 bits per heavy atom. The van der Waals surface area contributed by atoms with Crippen molar-refractivity contribution in [1.82, 2.24) is 10.0 Å². The molecule has 0 spiro atoms. The topological polar surface area (TPSA) is 67.4 Å². The molecule has 26 heavy (non-hydrogen) atoms. The summed E-state index contributed by atoms with van der Waals surface area (Å²) in [4.78, 5) is 0.301. The molecular weight excluding hydrogens is 372 g/mol. The van der Waals surface area contributed by atoms with Gasteiger partial charge in [0.1, 0.15) is 5.75 Å². The van der Waals surface area contributed by atoms with E-state index in [4.69, 9.17) is 4.74 Å². The number of fused-ring (bicyclic) bond motifs is 1. The summed E-state index contributed by atoms with van der Waals surface area (Å²) >= 11 is 0. The molecule has 1 aliphatic rings. The van der Waals surface area contributed by atoms with E-state index in [0.29, 0.717) is 22.8 Å². The van der Waals surface area contributed by atoms with Crippen molar-refractivity contribution >= 4 is 22.4 Å². The first-order chi connectivity index (χ1) is 11.9. The van der Waals surface area contributed by atoms with Crippen LogP contribution in [0.2, 0.25) is 0 Å². The lowest BCUT2D eigenvalue weighted by molar-refractivity contribution is 0.411. The molecule has 2 aromatic rings. The minimum atomic E-state index is -3.59. The van der Waals surface area contributed by atoms with Crippen molar-refractivity contribution < 1.29 is 13.2 Å². The fourth-order valence-electron chi connectivity index (χ4n) is 3.32. The van der Waals surface area contributed by atoms with Crippen LogP contribution < -0.4 is 14.8 Å². The normalized spacial score (nSPS) is 16.5. The molecule has 0 radical (unpaired) electrons. The maximum atomic E-state index is 12.8. The first kappa shape index (κ1) is 20.7. The molecular formula is C19H25ClN2O3S. The predicted octanol–water partition coefficient (Wildman–Crippen LogP) is 2.90. The van der Waals surface area contributed by atoms with Crippen LogP contribution in [0.1, 0.15) is 28.3 Å². The average Bonchev–Trinajstić information content (AvgIpc) is 2.61. The number of nitrogens with one attached hydrogen (secondary N) is 2. The van der Waals surface area contributed by atoms with E-state index in [2.05, 4.69) is 22.2 Å². The van der Waals surface area contributed by atoms with Crippen molar-refractivity contribution in [3.63, 3.8) is 0 Å². The summed E-state index contributed by atoms with van der Waals surface area (Å²) in [5, 5.41) is 3.40. The number of hydrogen-bond donors (Lipinski definition) is 2. The molecule has 0 saturated heterocycles. The van der Waals surface area contributed by atoms with Crippen LogP contribution in [0.25, 0.3) is 0 Å². The highest BCUT2D eigenvalue weighted by atomic mass is 35.5. The standard InChI is InChI=1S/C19H24N2O3S.ClH/c1-13-11-19(14(2)10-18(13)24-3)25(22,23)21-12-17-16-7-5-4-6-15(16)8-9-20-17;/h4-7,10-11,17,20-21H,8-9,12H2,1-3H3;1H. The minimum absolute atomic E-state index is 0. The van der Waals surface area contributed by atoms with Crippen LogP contribution in [-0.2, 0) is 16.4 Å². The van der Waals surface area contributed by atoms with E-state index in [1.807, 2.05) is 19.1 Å². The summed E-state index contributed by atoms with van der Waals surface area (Å²) in [5.41, 5.74) is 3.92. The Labute approximate surface area is 161 Å². The molecule has 0 bridgehead atoms. The zero-order chi connectivity index (χ0) is 18.0. The highest BCUT2D eigenvalue weighted by molar-refractivity contribution is 7.89. The van der Waals surface area contributed by atoms with Gasteiger partial charge in [0, 0.05) is 12.6 Å².